The third-order valence-corrected chi connectivity index (χ3v) is 4.88. The third-order valence-electron chi connectivity index (χ3n) is 4.88. The fourth-order valence-electron chi connectivity index (χ4n) is 3.25. The normalized spacial score (nSPS) is 13.2. The number of hydrogen-bond acceptors (Lipinski definition) is 6. The lowest BCUT2D eigenvalue weighted by Crippen LogP contribution is -2.33. The lowest BCUT2D eigenvalue weighted by atomic mass is 9.99. The van der Waals surface area contributed by atoms with Crippen molar-refractivity contribution in [2.45, 2.75) is 33.2 Å². The van der Waals surface area contributed by atoms with Crippen molar-refractivity contribution in [3.63, 3.8) is 0 Å². The molecule has 150 valence electrons. The van der Waals surface area contributed by atoms with Crippen LogP contribution < -0.4 is 19.7 Å². The van der Waals surface area contributed by atoms with E-state index in [9.17, 15) is 4.79 Å². The van der Waals surface area contributed by atoms with Gasteiger partial charge in [-0.15, -0.1) is 0 Å². The lowest BCUT2D eigenvalue weighted by molar-refractivity contribution is 0.0947. The minimum atomic E-state index is -0.159. The third kappa shape index (κ3) is 4.52. The summed E-state index contributed by atoms with van der Waals surface area (Å²) in [5, 5.41) is 2.93. The molecule has 0 saturated carbocycles. The number of aromatic nitrogens is 2. The van der Waals surface area contributed by atoms with Crippen molar-refractivity contribution in [2.24, 2.45) is 5.92 Å². The van der Waals surface area contributed by atoms with E-state index in [0.29, 0.717) is 36.4 Å². The minimum Gasteiger partial charge on any atom is -0.493 e. The number of carbonyl (C=O) groups is 1. The molecular formula is C21H28N4O3. The Labute approximate surface area is 166 Å². The first-order valence-electron chi connectivity index (χ1n) is 9.61. The summed E-state index contributed by atoms with van der Waals surface area (Å²) in [5.74, 6) is 2.41. The summed E-state index contributed by atoms with van der Waals surface area (Å²) in [6.45, 7) is 6.35. The molecule has 1 aliphatic heterocycles. The van der Waals surface area contributed by atoms with E-state index >= 15 is 0 Å². The molecule has 0 saturated heterocycles. The maximum Gasteiger partial charge on any atom is 0.270 e. The Bertz CT molecular complexity index is 838. The zero-order chi connectivity index (χ0) is 20.1. The highest BCUT2D eigenvalue weighted by molar-refractivity contribution is 5.92. The fourth-order valence-corrected chi connectivity index (χ4v) is 3.25. The number of fused-ring (bicyclic) bond motifs is 1. The maximum absolute atomic E-state index is 12.4. The van der Waals surface area contributed by atoms with Crippen LogP contribution in [0.5, 0.6) is 11.5 Å². The number of anilines is 1. The molecule has 0 bridgehead atoms. The molecule has 3 rings (SSSR count). The molecule has 0 aliphatic carbocycles. The van der Waals surface area contributed by atoms with Crippen LogP contribution in [0.4, 0.5) is 5.95 Å². The number of nitrogens with zero attached hydrogens (tertiary/aromatic N) is 3. The minimum absolute atomic E-state index is 0.159. The fraction of sp³-hybridized carbons (Fsp3) is 0.476. The molecule has 0 unspecified atom stereocenters. The zero-order valence-electron chi connectivity index (χ0n) is 17.0. The van der Waals surface area contributed by atoms with Crippen LogP contribution in [0.2, 0.25) is 0 Å². The summed E-state index contributed by atoms with van der Waals surface area (Å²) in [4.78, 5) is 23.3. The summed E-state index contributed by atoms with van der Waals surface area (Å²) >= 11 is 0. The van der Waals surface area contributed by atoms with E-state index in [1.807, 2.05) is 12.1 Å². The van der Waals surface area contributed by atoms with Crippen molar-refractivity contribution in [3.8, 4) is 11.5 Å². The zero-order valence-corrected chi connectivity index (χ0v) is 17.0. The average Bonchev–Trinajstić information content (AvgIpc) is 2.72. The summed E-state index contributed by atoms with van der Waals surface area (Å²) < 4.78 is 10.8. The Morgan fingerprint density at radius 1 is 1.21 bits per heavy atom. The second kappa shape index (κ2) is 8.91. The topological polar surface area (TPSA) is 76.6 Å². The van der Waals surface area contributed by atoms with Crippen molar-refractivity contribution in [1.29, 1.82) is 0 Å². The number of hydrogen-bond donors (Lipinski definition) is 1. The first-order chi connectivity index (χ1) is 13.5. The van der Waals surface area contributed by atoms with Crippen LogP contribution in [0.15, 0.2) is 24.4 Å². The van der Waals surface area contributed by atoms with Gasteiger partial charge < -0.3 is 19.7 Å². The molecule has 7 nitrogen and oxygen atoms in total. The van der Waals surface area contributed by atoms with E-state index in [1.165, 1.54) is 5.56 Å². The van der Waals surface area contributed by atoms with E-state index in [0.717, 1.165) is 30.7 Å². The Morgan fingerprint density at radius 3 is 2.61 bits per heavy atom. The van der Waals surface area contributed by atoms with Crippen molar-refractivity contribution in [3.05, 3.63) is 41.2 Å². The summed E-state index contributed by atoms with van der Waals surface area (Å²) in [5.41, 5.74) is 2.78. The highest BCUT2D eigenvalue weighted by Gasteiger charge is 2.22. The molecular weight excluding hydrogens is 356 g/mol. The van der Waals surface area contributed by atoms with Crippen molar-refractivity contribution < 1.29 is 14.3 Å². The summed E-state index contributed by atoms with van der Waals surface area (Å²) in [6.07, 6.45) is 3.44. The second-order valence-electron chi connectivity index (χ2n) is 7.33. The molecule has 0 spiro atoms. The van der Waals surface area contributed by atoms with Crippen LogP contribution in [-0.2, 0) is 13.0 Å². The molecule has 28 heavy (non-hydrogen) atoms. The summed E-state index contributed by atoms with van der Waals surface area (Å²) in [6, 6.07) is 5.69. The number of benzene rings is 1. The first-order valence-corrected chi connectivity index (χ1v) is 9.61. The van der Waals surface area contributed by atoms with Crippen LogP contribution in [-0.4, -0.2) is 43.2 Å². The van der Waals surface area contributed by atoms with E-state index < -0.39 is 0 Å². The van der Waals surface area contributed by atoms with Gasteiger partial charge in [0.1, 0.15) is 5.69 Å². The van der Waals surface area contributed by atoms with Gasteiger partial charge in [0.05, 0.1) is 14.2 Å². The second-order valence-corrected chi connectivity index (χ2v) is 7.33. The molecule has 7 heteroatoms. The summed E-state index contributed by atoms with van der Waals surface area (Å²) in [7, 11) is 3.28. The number of carbonyl (C=O) groups excluding carboxylic acids is 1. The highest BCUT2D eigenvalue weighted by Crippen LogP contribution is 2.33. The number of rotatable bonds is 7. The quantitative estimate of drug-likeness (QED) is 0.791. The van der Waals surface area contributed by atoms with Crippen molar-refractivity contribution in [2.75, 3.05) is 32.2 Å². The van der Waals surface area contributed by atoms with Gasteiger partial charge in [0.15, 0.2) is 11.5 Å². The van der Waals surface area contributed by atoms with Gasteiger partial charge in [-0.05, 0) is 48.1 Å². The predicted molar refractivity (Wildman–Crippen MR) is 108 cm³/mol. The Morgan fingerprint density at radius 2 is 1.93 bits per heavy atom. The van der Waals surface area contributed by atoms with Gasteiger partial charge in [0, 0.05) is 25.8 Å². The van der Waals surface area contributed by atoms with Gasteiger partial charge in [-0.2, -0.15) is 0 Å². The van der Waals surface area contributed by atoms with Crippen molar-refractivity contribution >= 4 is 11.9 Å². The van der Waals surface area contributed by atoms with Gasteiger partial charge in [0.2, 0.25) is 5.95 Å². The Hall–Kier alpha value is -2.83. The predicted octanol–water partition coefficient (Wildman–Crippen LogP) is 2.83. The van der Waals surface area contributed by atoms with Crippen LogP contribution in [0.1, 0.15) is 41.9 Å². The monoisotopic (exact) mass is 384 g/mol. The highest BCUT2D eigenvalue weighted by atomic mass is 16.5. The number of nitrogens with one attached hydrogen (secondary N) is 1. The average molecular weight is 384 g/mol. The van der Waals surface area contributed by atoms with E-state index in [1.54, 1.807) is 26.5 Å². The standard InChI is InChI=1S/C21H28N4O3/c1-14(2)5-8-22-20(26)17-6-9-23-21(24-17)25-10-7-15-11-18(27-3)19(28-4)12-16(15)13-25/h6,9,11-12,14H,5,7-8,10,13H2,1-4H3,(H,22,26). The molecule has 2 heterocycles. The van der Waals surface area contributed by atoms with Gasteiger partial charge in [-0.3, -0.25) is 4.79 Å². The van der Waals surface area contributed by atoms with E-state index in [2.05, 4.69) is 34.0 Å². The van der Waals surface area contributed by atoms with Gasteiger partial charge in [-0.25, -0.2) is 9.97 Å². The van der Waals surface area contributed by atoms with Crippen LogP contribution >= 0.6 is 0 Å². The SMILES string of the molecule is COc1cc2c(cc1OC)CN(c1nccc(C(=O)NCCC(C)C)n1)CC2. The molecule has 1 aromatic heterocycles. The molecule has 0 radical (unpaired) electrons. The molecule has 2 aromatic rings. The van der Waals surface area contributed by atoms with Crippen LogP contribution in [0.25, 0.3) is 0 Å². The van der Waals surface area contributed by atoms with Crippen LogP contribution in [0, 0.1) is 5.92 Å². The first kappa shape index (κ1) is 19.9. The molecule has 0 atom stereocenters. The van der Waals surface area contributed by atoms with E-state index in [-0.39, 0.29) is 5.91 Å². The Balaban J connectivity index is 1.74. The van der Waals surface area contributed by atoms with Crippen LogP contribution in [0.3, 0.4) is 0 Å². The number of ether oxygens (including phenoxy) is 2. The lowest BCUT2D eigenvalue weighted by Gasteiger charge is -2.29. The molecule has 1 aromatic carbocycles. The molecule has 0 fully saturated rings. The number of amides is 1. The van der Waals surface area contributed by atoms with E-state index in [4.69, 9.17) is 9.47 Å². The molecule has 1 aliphatic rings. The van der Waals surface area contributed by atoms with Gasteiger partial charge in [-0.1, -0.05) is 13.8 Å². The molecule has 1 N–H and O–H groups in total. The van der Waals surface area contributed by atoms with Gasteiger partial charge >= 0.3 is 0 Å². The van der Waals surface area contributed by atoms with Gasteiger partial charge in [0.25, 0.3) is 5.91 Å². The maximum atomic E-state index is 12.4. The smallest absolute Gasteiger partial charge is 0.270 e. The largest absolute Gasteiger partial charge is 0.493 e. The Kier molecular flexibility index (Phi) is 6.34. The molecule has 1 amide bonds. The number of methoxy groups -OCH3 is 2. The van der Waals surface area contributed by atoms with Crippen molar-refractivity contribution in [1.82, 2.24) is 15.3 Å².